The number of urea groups is 1. The number of alkyl halides is 3. The number of anilines is 2. The maximum absolute atomic E-state index is 13.2. The Hall–Kier alpha value is -3.85. The van der Waals surface area contributed by atoms with Gasteiger partial charge >= 0.3 is 12.2 Å². The van der Waals surface area contributed by atoms with E-state index in [1.807, 2.05) is 59.5 Å². The van der Waals surface area contributed by atoms with Gasteiger partial charge in [0.2, 0.25) is 5.91 Å². The molecule has 3 aromatic carbocycles. The third-order valence-corrected chi connectivity index (χ3v) is 6.00. The van der Waals surface area contributed by atoms with Crippen LogP contribution in [-0.2, 0) is 11.0 Å². The molecule has 0 radical (unpaired) electrons. The molecule has 0 aromatic heterocycles. The zero-order chi connectivity index (χ0) is 25.5. The Bertz CT molecular complexity index is 1200. The molecule has 0 unspecified atom stereocenters. The zero-order valence-corrected chi connectivity index (χ0v) is 19.6. The molecule has 0 spiro atoms. The number of nitrogens with one attached hydrogen (secondary N) is 2. The van der Waals surface area contributed by atoms with Crippen LogP contribution in [0, 0.1) is 0 Å². The van der Waals surface area contributed by atoms with E-state index >= 15 is 0 Å². The molecular weight excluding hydrogens is 469 g/mol. The molecule has 9 heteroatoms. The Morgan fingerprint density at radius 2 is 1.42 bits per heavy atom. The maximum atomic E-state index is 13.2. The van der Waals surface area contributed by atoms with Crippen molar-refractivity contribution in [3.05, 3.63) is 84.4 Å². The topological polar surface area (TPSA) is 64.7 Å². The highest BCUT2D eigenvalue weighted by atomic mass is 19.4. The van der Waals surface area contributed by atoms with Gasteiger partial charge < -0.3 is 15.5 Å². The number of benzene rings is 3. The summed E-state index contributed by atoms with van der Waals surface area (Å²) < 4.78 is 39.6. The van der Waals surface area contributed by atoms with Crippen molar-refractivity contribution in [2.45, 2.75) is 12.6 Å². The van der Waals surface area contributed by atoms with Crippen molar-refractivity contribution in [1.29, 1.82) is 0 Å². The molecule has 1 heterocycles. The molecule has 2 N–H and O–H groups in total. The van der Waals surface area contributed by atoms with Crippen LogP contribution in [0.1, 0.15) is 12.0 Å². The van der Waals surface area contributed by atoms with E-state index in [2.05, 4.69) is 10.6 Å². The highest BCUT2D eigenvalue weighted by molar-refractivity contribution is 5.95. The number of hydrogen-bond donors (Lipinski definition) is 2. The minimum atomic E-state index is -4.56. The predicted octanol–water partition coefficient (Wildman–Crippen LogP) is 5.55. The highest BCUT2D eigenvalue weighted by Crippen LogP contribution is 2.34. The largest absolute Gasteiger partial charge is 0.418 e. The van der Waals surface area contributed by atoms with Crippen molar-refractivity contribution < 1.29 is 22.8 Å². The van der Waals surface area contributed by atoms with Crippen molar-refractivity contribution in [3.63, 3.8) is 0 Å². The van der Waals surface area contributed by atoms with Crippen LogP contribution in [0.2, 0.25) is 0 Å². The summed E-state index contributed by atoms with van der Waals surface area (Å²) in [5, 5.41) is 5.38. The second-order valence-corrected chi connectivity index (χ2v) is 8.55. The minimum Gasteiger partial charge on any atom is -0.324 e. The standard InChI is InChI=1S/C27H27F3N4O2/c28-27(29,30)22-12-5-7-14-24(22)31-25(35)19-33-15-8-16-34(18-17-33)26(36)32-23-13-6-4-11-21(23)20-9-2-1-3-10-20/h1-7,9-14H,8,15-19H2,(H,31,35)(H,32,36). The molecule has 3 amide bonds. The van der Waals surface area contributed by atoms with E-state index in [-0.39, 0.29) is 18.3 Å². The van der Waals surface area contributed by atoms with E-state index in [1.54, 1.807) is 4.90 Å². The van der Waals surface area contributed by atoms with Crippen LogP contribution in [0.25, 0.3) is 11.1 Å². The van der Waals surface area contributed by atoms with Gasteiger partial charge in [0.15, 0.2) is 0 Å². The Morgan fingerprint density at radius 1 is 0.750 bits per heavy atom. The third-order valence-electron chi connectivity index (χ3n) is 6.00. The molecule has 0 bridgehead atoms. The van der Waals surface area contributed by atoms with Gasteiger partial charge in [-0.25, -0.2) is 4.79 Å². The second kappa shape index (κ2) is 11.3. The Balaban J connectivity index is 1.34. The number of rotatable bonds is 5. The fourth-order valence-electron chi connectivity index (χ4n) is 4.22. The summed E-state index contributed by atoms with van der Waals surface area (Å²) >= 11 is 0. The average Bonchev–Trinajstić information content (AvgIpc) is 3.10. The SMILES string of the molecule is O=C(CN1CCCN(C(=O)Nc2ccccc2-c2ccccc2)CC1)Nc1ccccc1C(F)(F)F. The van der Waals surface area contributed by atoms with E-state index in [0.29, 0.717) is 38.3 Å². The molecular formula is C27H27F3N4O2. The van der Waals surface area contributed by atoms with Crippen molar-refractivity contribution in [2.75, 3.05) is 43.4 Å². The molecule has 0 atom stereocenters. The minimum absolute atomic E-state index is 0.0571. The Labute approximate surface area is 207 Å². The van der Waals surface area contributed by atoms with E-state index in [9.17, 15) is 22.8 Å². The molecule has 0 saturated carbocycles. The monoisotopic (exact) mass is 496 g/mol. The van der Waals surface area contributed by atoms with Crippen LogP contribution in [-0.4, -0.2) is 54.5 Å². The molecule has 1 aliphatic heterocycles. The summed E-state index contributed by atoms with van der Waals surface area (Å²) in [6.07, 6.45) is -3.92. The highest BCUT2D eigenvalue weighted by Gasteiger charge is 2.33. The number of amides is 3. The van der Waals surface area contributed by atoms with Crippen molar-refractivity contribution in [2.24, 2.45) is 0 Å². The molecule has 188 valence electrons. The lowest BCUT2D eigenvalue weighted by Gasteiger charge is -2.23. The van der Waals surface area contributed by atoms with Crippen LogP contribution in [0.4, 0.5) is 29.3 Å². The quantitative estimate of drug-likeness (QED) is 0.487. The van der Waals surface area contributed by atoms with Gasteiger partial charge in [-0.15, -0.1) is 0 Å². The van der Waals surface area contributed by atoms with Crippen LogP contribution < -0.4 is 10.6 Å². The van der Waals surface area contributed by atoms with Crippen molar-refractivity contribution in [3.8, 4) is 11.1 Å². The predicted molar refractivity (Wildman–Crippen MR) is 134 cm³/mol. The fourth-order valence-corrected chi connectivity index (χ4v) is 4.22. The average molecular weight is 497 g/mol. The van der Waals surface area contributed by atoms with E-state index in [1.165, 1.54) is 18.2 Å². The first kappa shape index (κ1) is 25.2. The normalized spacial score (nSPS) is 14.7. The number of para-hydroxylation sites is 2. The molecule has 1 aliphatic rings. The van der Waals surface area contributed by atoms with Crippen molar-refractivity contribution in [1.82, 2.24) is 9.80 Å². The molecule has 36 heavy (non-hydrogen) atoms. The van der Waals surface area contributed by atoms with Crippen LogP contribution >= 0.6 is 0 Å². The molecule has 0 aliphatic carbocycles. The number of carbonyl (C=O) groups is 2. The summed E-state index contributed by atoms with van der Waals surface area (Å²) in [5.41, 5.74) is 1.47. The Morgan fingerprint density at radius 3 is 2.17 bits per heavy atom. The van der Waals surface area contributed by atoms with E-state index < -0.39 is 17.6 Å². The molecule has 1 fully saturated rings. The smallest absolute Gasteiger partial charge is 0.324 e. The summed E-state index contributed by atoms with van der Waals surface area (Å²) in [7, 11) is 0. The van der Waals surface area contributed by atoms with Crippen LogP contribution in [0.5, 0.6) is 0 Å². The zero-order valence-electron chi connectivity index (χ0n) is 19.6. The summed E-state index contributed by atoms with van der Waals surface area (Å²) in [6, 6.07) is 22.0. The van der Waals surface area contributed by atoms with Gasteiger partial charge in [0.05, 0.1) is 23.5 Å². The molecule has 3 aromatic rings. The van der Waals surface area contributed by atoms with Gasteiger partial charge in [-0.3, -0.25) is 9.69 Å². The van der Waals surface area contributed by atoms with E-state index in [0.717, 1.165) is 17.2 Å². The number of hydrogen-bond acceptors (Lipinski definition) is 3. The number of halogens is 3. The second-order valence-electron chi connectivity index (χ2n) is 8.55. The van der Waals surface area contributed by atoms with Gasteiger partial charge in [0, 0.05) is 31.7 Å². The summed E-state index contributed by atoms with van der Waals surface area (Å²) in [6.45, 7) is 1.83. The van der Waals surface area contributed by atoms with Gasteiger partial charge in [0.25, 0.3) is 0 Å². The first-order valence-electron chi connectivity index (χ1n) is 11.7. The third kappa shape index (κ3) is 6.42. The lowest BCUT2D eigenvalue weighted by atomic mass is 10.0. The summed E-state index contributed by atoms with van der Waals surface area (Å²) in [4.78, 5) is 29.0. The van der Waals surface area contributed by atoms with Crippen molar-refractivity contribution >= 4 is 23.3 Å². The summed E-state index contributed by atoms with van der Waals surface area (Å²) in [5.74, 6) is -0.526. The van der Waals surface area contributed by atoms with E-state index in [4.69, 9.17) is 0 Å². The molecule has 1 saturated heterocycles. The van der Waals surface area contributed by atoms with Gasteiger partial charge in [-0.05, 0) is 30.2 Å². The number of carbonyl (C=O) groups excluding carboxylic acids is 2. The number of nitrogens with zero attached hydrogens (tertiary/aromatic N) is 2. The first-order valence-corrected chi connectivity index (χ1v) is 11.7. The lowest BCUT2D eigenvalue weighted by molar-refractivity contribution is -0.137. The van der Waals surface area contributed by atoms with Gasteiger partial charge in [0.1, 0.15) is 0 Å². The maximum Gasteiger partial charge on any atom is 0.418 e. The molecule has 6 nitrogen and oxygen atoms in total. The van der Waals surface area contributed by atoms with Gasteiger partial charge in [-0.2, -0.15) is 13.2 Å². The van der Waals surface area contributed by atoms with Gasteiger partial charge in [-0.1, -0.05) is 60.7 Å². The van der Waals surface area contributed by atoms with Crippen LogP contribution in [0.3, 0.4) is 0 Å². The lowest BCUT2D eigenvalue weighted by Crippen LogP contribution is -2.39. The fraction of sp³-hybridized carbons (Fsp3) is 0.259. The first-order chi connectivity index (χ1) is 17.3. The van der Waals surface area contributed by atoms with Crippen LogP contribution in [0.15, 0.2) is 78.9 Å². The Kier molecular flexibility index (Phi) is 7.90. The molecule has 4 rings (SSSR count).